The number of carbonyl (C=O) groups excluding carboxylic acids is 3. The molecule has 3 unspecified atom stereocenters. The van der Waals surface area contributed by atoms with E-state index in [0.717, 1.165) is 19.3 Å². The van der Waals surface area contributed by atoms with Crippen molar-refractivity contribution in [2.75, 3.05) is 31.6 Å². The smallest absolute Gasteiger partial charge is 0.245 e. The molecule has 1 aromatic carbocycles. The van der Waals surface area contributed by atoms with Gasteiger partial charge in [0, 0.05) is 30.2 Å². The second kappa shape index (κ2) is 11.5. The van der Waals surface area contributed by atoms with Gasteiger partial charge in [0.05, 0.1) is 24.5 Å². The Labute approximate surface area is 220 Å². The molecule has 9 nitrogen and oxygen atoms in total. The van der Waals surface area contributed by atoms with E-state index in [1.54, 1.807) is 24.3 Å². The van der Waals surface area contributed by atoms with Crippen LogP contribution >= 0.6 is 15.9 Å². The van der Waals surface area contributed by atoms with Gasteiger partial charge < -0.3 is 30.1 Å². The number of unbranched alkanes of at least 4 members (excludes halogenated alkanes) is 2. The molecule has 10 heteroatoms. The fraction of sp³-hybridized carbons (Fsp3) is 0.654. The van der Waals surface area contributed by atoms with Gasteiger partial charge in [0.15, 0.2) is 0 Å². The molecule has 36 heavy (non-hydrogen) atoms. The first-order valence-corrected chi connectivity index (χ1v) is 13.8. The number of benzene rings is 1. The number of anilines is 1. The number of fused-ring (bicyclic) bond motifs is 1. The minimum atomic E-state index is -1.08. The zero-order chi connectivity index (χ0) is 25.9. The highest BCUT2D eigenvalue weighted by Crippen LogP contribution is 2.60. The first-order chi connectivity index (χ1) is 17.4. The van der Waals surface area contributed by atoms with Gasteiger partial charge in [-0.1, -0.05) is 35.7 Å². The summed E-state index contributed by atoms with van der Waals surface area (Å²) in [6.45, 7) is 5.20. The maximum Gasteiger partial charge on any atom is 0.245 e. The summed E-state index contributed by atoms with van der Waals surface area (Å²) in [4.78, 5) is 42.1. The number of ether oxygens (including phenoxy) is 2. The third-order valence-corrected chi connectivity index (χ3v) is 8.25. The summed E-state index contributed by atoms with van der Waals surface area (Å²) in [5.74, 6) is -1.62. The van der Waals surface area contributed by atoms with Gasteiger partial charge in [0.25, 0.3) is 0 Å². The lowest BCUT2D eigenvalue weighted by Crippen LogP contribution is -2.56. The van der Waals surface area contributed by atoms with Crippen molar-refractivity contribution in [2.45, 2.75) is 68.5 Å². The van der Waals surface area contributed by atoms with Crippen LogP contribution in [-0.4, -0.2) is 76.6 Å². The molecule has 3 amide bonds. The van der Waals surface area contributed by atoms with E-state index in [-0.39, 0.29) is 35.7 Å². The lowest BCUT2D eigenvalue weighted by Gasteiger charge is -2.34. The van der Waals surface area contributed by atoms with E-state index in [2.05, 4.69) is 33.5 Å². The fourth-order valence-corrected chi connectivity index (χ4v) is 6.86. The van der Waals surface area contributed by atoms with Crippen LogP contribution in [0.3, 0.4) is 0 Å². The number of amides is 3. The largest absolute Gasteiger partial charge is 0.494 e. The monoisotopic (exact) mass is 565 g/mol. The van der Waals surface area contributed by atoms with Gasteiger partial charge >= 0.3 is 0 Å². The van der Waals surface area contributed by atoms with Crippen molar-refractivity contribution < 1.29 is 29.0 Å². The summed E-state index contributed by atoms with van der Waals surface area (Å²) < 4.78 is 11.9. The number of hydrogen-bond acceptors (Lipinski definition) is 6. The Balaban J connectivity index is 1.58. The number of likely N-dealkylation sites (tertiary alicyclic amines) is 1. The Bertz CT molecular complexity index is 960. The average Bonchev–Trinajstić information content (AvgIpc) is 3.45. The van der Waals surface area contributed by atoms with Crippen molar-refractivity contribution in [2.24, 2.45) is 11.8 Å². The van der Waals surface area contributed by atoms with Crippen molar-refractivity contribution in [1.29, 1.82) is 0 Å². The second-order valence-corrected chi connectivity index (χ2v) is 10.9. The zero-order valence-corrected chi connectivity index (χ0v) is 22.5. The molecule has 3 aliphatic rings. The molecule has 1 aromatic rings. The SMILES string of the molecule is CCCCCNC(=O)C1N(CCCO)C(=O)[C@@H]2[C@@H](C(=O)Nc3ccc(OCC)cc3)[C@@H]3OC12CC3Br. The normalized spacial score (nSPS) is 30.4. The van der Waals surface area contributed by atoms with E-state index in [0.29, 0.717) is 37.4 Å². The molecule has 0 aliphatic carbocycles. The minimum Gasteiger partial charge on any atom is -0.494 e. The van der Waals surface area contributed by atoms with Crippen LogP contribution in [0.2, 0.25) is 0 Å². The van der Waals surface area contributed by atoms with Crippen molar-refractivity contribution in [1.82, 2.24) is 10.2 Å². The van der Waals surface area contributed by atoms with Crippen molar-refractivity contribution in [3.8, 4) is 5.75 Å². The number of alkyl halides is 1. The van der Waals surface area contributed by atoms with Crippen molar-refractivity contribution in [3.05, 3.63) is 24.3 Å². The number of aliphatic hydroxyl groups excluding tert-OH is 1. The molecule has 0 aromatic heterocycles. The van der Waals surface area contributed by atoms with Gasteiger partial charge in [-0.25, -0.2) is 0 Å². The van der Waals surface area contributed by atoms with Crippen LogP contribution in [-0.2, 0) is 19.1 Å². The summed E-state index contributed by atoms with van der Waals surface area (Å²) in [6, 6.07) is 6.24. The van der Waals surface area contributed by atoms with E-state index in [1.165, 1.54) is 4.90 Å². The molecule has 3 saturated heterocycles. The summed E-state index contributed by atoms with van der Waals surface area (Å²) in [6.07, 6.45) is 3.18. The number of carbonyl (C=O) groups is 3. The van der Waals surface area contributed by atoms with E-state index in [9.17, 15) is 19.5 Å². The standard InChI is InChI=1S/C26H36BrN3O6/c1-3-5-6-12-28-24(33)22-26-15-18(27)21(36-26)19(20(26)25(34)30(22)13-7-14-31)23(32)29-16-8-10-17(11-9-16)35-4-2/h8-11,18-22,31H,3-7,12-15H2,1-2H3,(H,28,33)(H,29,32)/t18?,19-,20+,21-,22?,26?/m1/s1. The average molecular weight is 566 g/mol. The summed E-state index contributed by atoms with van der Waals surface area (Å²) in [5, 5.41) is 15.3. The third kappa shape index (κ3) is 4.87. The molecule has 1 spiro atoms. The van der Waals surface area contributed by atoms with Crippen LogP contribution in [0, 0.1) is 11.8 Å². The van der Waals surface area contributed by atoms with Gasteiger partial charge in [-0.15, -0.1) is 0 Å². The van der Waals surface area contributed by atoms with Crippen LogP contribution < -0.4 is 15.4 Å². The van der Waals surface area contributed by atoms with Crippen LogP contribution in [0.4, 0.5) is 5.69 Å². The van der Waals surface area contributed by atoms with Crippen LogP contribution in [0.1, 0.15) is 46.0 Å². The molecule has 0 radical (unpaired) electrons. The van der Waals surface area contributed by atoms with Crippen molar-refractivity contribution >= 4 is 39.3 Å². The molecule has 2 bridgehead atoms. The highest BCUT2D eigenvalue weighted by molar-refractivity contribution is 9.09. The van der Waals surface area contributed by atoms with Crippen LogP contribution in [0.25, 0.3) is 0 Å². The highest BCUT2D eigenvalue weighted by atomic mass is 79.9. The molecule has 0 saturated carbocycles. The molecule has 3 fully saturated rings. The first kappa shape index (κ1) is 26.9. The van der Waals surface area contributed by atoms with Gasteiger partial charge in [-0.2, -0.15) is 0 Å². The first-order valence-electron chi connectivity index (χ1n) is 12.9. The maximum absolute atomic E-state index is 13.7. The maximum atomic E-state index is 13.7. The predicted molar refractivity (Wildman–Crippen MR) is 138 cm³/mol. The van der Waals surface area contributed by atoms with E-state index in [1.807, 2.05) is 6.92 Å². The molecule has 3 N–H and O–H groups in total. The minimum absolute atomic E-state index is 0.0987. The topological polar surface area (TPSA) is 117 Å². The predicted octanol–water partition coefficient (Wildman–Crippen LogP) is 2.46. The van der Waals surface area contributed by atoms with Crippen LogP contribution in [0.5, 0.6) is 5.75 Å². The Hall–Kier alpha value is -2.17. The van der Waals surface area contributed by atoms with Gasteiger partial charge in [-0.05, 0) is 50.5 Å². The zero-order valence-electron chi connectivity index (χ0n) is 20.9. The molecule has 3 aliphatic heterocycles. The molecular formula is C26H36BrN3O6. The molecule has 3 heterocycles. The molecule has 198 valence electrons. The van der Waals surface area contributed by atoms with Crippen molar-refractivity contribution in [3.63, 3.8) is 0 Å². The fourth-order valence-electron chi connectivity index (χ4n) is 5.92. The lowest BCUT2D eigenvalue weighted by atomic mass is 9.70. The number of rotatable bonds is 12. The number of aliphatic hydroxyl groups is 1. The van der Waals surface area contributed by atoms with Gasteiger partial charge in [-0.3, -0.25) is 14.4 Å². The Morgan fingerprint density at radius 3 is 2.61 bits per heavy atom. The quantitative estimate of drug-likeness (QED) is 0.265. The Kier molecular flexibility index (Phi) is 8.57. The number of nitrogens with one attached hydrogen (secondary N) is 2. The number of nitrogens with zero attached hydrogens (tertiary/aromatic N) is 1. The Morgan fingerprint density at radius 2 is 1.94 bits per heavy atom. The van der Waals surface area contributed by atoms with Crippen LogP contribution in [0.15, 0.2) is 24.3 Å². The lowest BCUT2D eigenvalue weighted by molar-refractivity contribution is -0.141. The number of hydrogen-bond donors (Lipinski definition) is 3. The summed E-state index contributed by atoms with van der Waals surface area (Å²) in [7, 11) is 0. The van der Waals surface area contributed by atoms with Gasteiger partial charge in [0.2, 0.25) is 17.7 Å². The van der Waals surface area contributed by atoms with E-state index >= 15 is 0 Å². The number of halogens is 1. The summed E-state index contributed by atoms with van der Waals surface area (Å²) in [5.41, 5.74) is -0.486. The summed E-state index contributed by atoms with van der Waals surface area (Å²) >= 11 is 3.67. The third-order valence-electron chi connectivity index (χ3n) is 7.41. The molecular weight excluding hydrogens is 530 g/mol. The van der Waals surface area contributed by atoms with E-state index in [4.69, 9.17) is 9.47 Å². The second-order valence-electron chi connectivity index (χ2n) is 9.72. The Morgan fingerprint density at radius 1 is 1.19 bits per heavy atom. The molecule has 4 rings (SSSR count). The highest BCUT2D eigenvalue weighted by Gasteiger charge is 2.76. The van der Waals surface area contributed by atoms with Gasteiger partial charge in [0.1, 0.15) is 17.4 Å². The molecule has 6 atom stereocenters. The van der Waals surface area contributed by atoms with E-state index < -0.39 is 29.6 Å².